The van der Waals surface area contributed by atoms with Gasteiger partial charge in [0.2, 0.25) is 0 Å². The molecule has 0 radical (unpaired) electrons. The number of rotatable bonds is 5. The van der Waals surface area contributed by atoms with Crippen molar-refractivity contribution in [1.29, 1.82) is 0 Å². The van der Waals surface area contributed by atoms with Crippen LogP contribution in [0.15, 0.2) is 23.6 Å². The fourth-order valence-corrected chi connectivity index (χ4v) is 2.76. The Hall–Kier alpha value is -2.08. The van der Waals surface area contributed by atoms with Crippen LogP contribution < -0.4 is 9.47 Å². The zero-order chi connectivity index (χ0) is 15.6. The predicted octanol–water partition coefficient (Wildman–Crippen LogP) is 3.19. The number of carbonyl (C=O) groups is 1. The summed E-state index contributed by atoms with van der Waals surface area (Å²) < 4.78 is 10.5. The number of carboxylic acid groups (broad SMARTS) is 1. The monoisotopic (exact) mass is 307 g/mol. The molecule has 1 aromatic carbocycles. The van der Waals surface area contributed by atoms with Gasteiger partial charge in [-0.15, -0.1) is 11.3 Å². The summed E-state index contributed by atoms with van der Waals surface area (Å²) in [7, 11) is 3.15. The zero-order valence-corrected chi connectivity index (χ0v) is 13.2. The summed E-state index contributed by atoms with van der Waals surface area (Å²) in [6.45, 7) is 3.28. The number of benzene rings is 1. The maximum absolute atomic E-state index is 11.3. The molecule has 0 bridgehead atoms. The summed E-state index contributed by atoms with van der Waals surface area (Å²) >= 11 is 1.41. The Morgan fingerprint density at radius 2 is 1.90 bits per heavy atom. The van der Waals surface area contributed by atoms with Gasteiger partial charge in [0.15, 0.2) is 11.5 Å². The van der Waals surface area contributed by atoms with Crippen molar-refractivity contribution in [3.05, 3.63) is 29.3 Å². The first-order chi connectivity index (χ1) is 9.90. The van der Waals surface area contributed by atoms with E-state index in [1.54, 1.807) is 39.5 Å². The number of ether oxygens (including phenoxy) is 2. The van der Waals surface area contributed by atoms with Crippen LogP contribution in [0.25, 0.3) is 10.6 Å². The average molecular weight is 307 g/mol. The third kappa shape index (κ3) is 2.85. The molecule has 0 unspecified atom stereocenters. The Balaban J connectivity index is 2.40. The van der Waals surface area contributed by atoms with Crippen LogP contribution in [-0.4, -0.2) is 30.3 Å². The first-order valence-electron chi connectivity index (χ1n) is 6.32. The Kier molecular flexibility index (Phi) is 4.18. The highest BCUT2D eigenvalue weighted by molar-refractivity contribution is 7.13. The van der Waals surface area contributed by atoms with Crippen molar-refractivity contribution in [2.45, 2.75) is 19.3 Å². The van der Waals surface area contributed by atoms with Gasteiger partial charge < -0.3 is 14.6 Å². The van der Waals surface area contributed by atoms with Crippen molar-refractivity contribution in [1.82, 2.24) is 4.98 Å². The van der Waals surface area contributed by atoms with Gasteiger partial charge >= 0.3 is 5.97 Å². The molecular formula is C15H17NO4S. The van der Waals surface area contributed by atoms with E-state index in [4.69, 9.17) is 9.47 Å². The summed E-state index contributed by atoms with van der Waals surface area (Å²) in [5.41, 5.74) is 0.403. The van der Waals surface area contributed by atoms with E-state index in [1.165, 1.54) is 11.3 Å². The second-order valence-corrected chi connectivity index (χ2v) is 5.90. The first kappa shape index (κ1) is 15.3. The number of hydrogen-bond donors (Lipinski definition) is 1. The molecular weight excluding hydrogens is 290 g/mol. The molecule has 21 heavy (non-hydrogen) atoms. The molecule has 1 heterocycles. The summed E-state index contributed by atoms with van der Waals surface area (Å²) in [4.78, 5) is 15.7. The first-order valence-corrected chi connectivity index (χ1v) is 7.20. The molecule has 0 amide bonds. The molecule has 2 rings (SSSR count). The SMILES string of the molecule is COc1ccc(-c2nc(C(C)(C)C(=O)O)cs2)cc1OC. The molecule has 0 saturated carbocycles. The van der Waals surface area contributed by atoms with Crippen LogP contribution in [0.2, 0.25) is 0 Å². The molecule has 0 saturated heterocycles. The van der Waals surface area contributed by atoms with Gasteiger partial charge in [-0.25, -0.2) is 4.98 Å². The molecule has 1 aromatic heterocycles. The Morgan fingerprint density at radius 3 is 2.48 bits per heavy atom. The van der Waals surface area contributed by atoms with Gasteiger partial charge in [-0.1, -0.05) is 0 Å². The molecule has 0 aliphatic heterocycles. The predicted molar refractivity (Wildman–Crippen MR) is 81.3 cm³/mol. The second kappa shape index (κ2) is 5.73. The minimum absolute atomic E-state index is 0.546. The minimum Gasteiger partial charge on any atom is -0.493 e. The number of aliphatic carboxylic acids is 1. The quantitative estimate of drug-likeness (QED) is 0.918. The molecule has 5 nitrogen and oxygen atoms in total. The number of thiazole rings is 1. The lowest BCUT2D eigenvalue weighted by molar-refractivity contribution is -0.142. The minimum atomic E-state index is -1.01. The van der Waals surface area contributed by atoms with Gasteiger partial charge in [-0.05, 0) is 32.0 Å². The van der Waals surface area contributed by atoms with E-state index < -0.39 is 11.4 Å². The molecule has 0 aliphatic carbocycles. The molecule has 0 atom stereocenters. The molecule has 1 N–H and O–H groups in total. The van der Waals surface area contributed by atoms with Gasteiger partial charge in [0.1, 0.15) is 10.4 Å². The van der Waals surface area contributed by atoms with Crippen LogP contribution in [0.3, 0.4) is 0 Å². The summed E-state index contributed by atoms with van der Waals surface area (Å²) in [6, 6.07) is 5.50. The Bertz CT molecular complexity index is 663. The highest BCUT2D eigenvalue weighted by Crippen LogP contribution is 2.35. The van der Waals surface area contributed by atoms with Gasteiger partial charge in [0.25, 0.3) is 0 Å². The lowest BCUT2D eigenvalue weighted by Gasteiger charge is -2.15. The Morgan fingerprint density at radius 1 is 1.24 bits per heavy atom. The zero-order valence-electron chi connectivity index (χ0n) is 12.3. The average Bonchev–Trinajstić information content (AvgIpc) is 2.96. The van der Waals surface area contributed by atoms with Crippen molar-refractivity contribution in [2.24, 2.45) is 0 Å². The van der Waals surface area contributed by atoms with Gasteiger partial charge in [-0.3, -0.25) is 4.79 Å². The van der Waals surface area contributed by atoms with Crippen molar-refractivity contribution in [2.75, 3.05) is 14.2 Å². The fraction of sp³-hybridized carbons (Fsp3) is 0.333. The number of methoxy groups -OCH3 is 2. The van der Waals surface area contributed by atoms with E-state index >= 15 is 0 Å². The van der Waals surface area contributed by atoms with Crippen molar-refractivity contribution in [3.8, 4) is 22.1 Å². The molecule has 0 spiro atoms. The second-order valence-electron chi connectivity index (χ2n) is 5.04. The van der Waals surface area contributed by atoms with E-state index in [-0.39, 0.29) is 0 Å². The lowest BCUT2D eigenvalue weighted by atomic mass is 9.90. The summed E-state index contributed by atoms with van der Waals surface area (Å²) in [5.74, 6) is 0.361. The fourth-order valence-electron chi connectivity index (χ4n) is 1.77. The number of hydrogen-bond acceptors (Lipinski definition) is 5. The number of aromatic nitrogens is 1. The Labute approximate surface area is 127 Å². The molecule has 0 aliphatic rings. The van der Waals surface area contributed by atoms with Crippen LogP contribution in [0.1, 0.15) is 19.5 Å². The lowest BCUT2D eigenvalue weighted by Crippen LogP contribution is -2.28. The molecule has 2 aromatic rings. The third-order valence-electron chi connectivity index (χ3n) is 3.31. The summed E-state index contributed by atoms with van der Waals surface area (Å²) in [6.07, 6.45) is 0. The van der Waals surface area contributed by atoms with E-state index in [1.807, 2.05) is 12.1 Å². The topological polar surface area (TPSA) is 68.7 Å². The van der Waals surface area contributed by atoms with E-state index in [0.717, 1.165) is 10.6 Å². The van der Waals surface area contributed by atoms with Crippen LogP contribution >= 0.6 is 11.3 Å². The normalized spacial score (nSPS) is 11.2. The van der Waals surface area contributed by atoms with E-state index in [9.17, 15) is 9.90 Å². The summed E-state index contributed by atoms with van der Waals surface area (Å²) in [5, 5.41) is 11.8. The van der Waals surface area contributed by atoms with Crippen LogP contribution in [0.5, 0.6) is 11.5 Å². The van der Waals surface area contributed by atoms with E-state index in [2.05, 4.69) is 4.98 Å². The van der Waals surface area contributed by atoms with Crippen LogP contribution in [-0.2, 0) is 10.2 Å². The maximum atomic E-state index is 11.3. The standard InChI is InChI=1S/C15H17NO4S/c1-15(2,14(17)18)12-8-21-13(16-12)9-5-6-10(19-3)11(7-9)20-4/h5-8H,1-4H3,(H,17,18). The van der Waals surface area contributed by atoms with Gasteiger partial charge in [-0.2, -0.15) is 0 Å². The molecule has 112 valence electrons. The smallest absolute Gasteiger partial charge is 0.315 e. The van der Waals surface area contributed by atoms with Crippen molar-refractivity contribution < 1.29 is 19.4 Å². The number of nitrogens with zero attached hydrogens (tertiary/aromatic N) is 1. The van der Waals surface area contributed by atoms with Crippen LogP contribution in [0.4, 0.5) is 0 Å². The van der Waals surface area contributed by atoms with Crippen molar-refractivity contribution in [3.63, 3.8) is 0 Å². The highest BCUT2D eigenvalue weighted by Gasteiger charge is 2.32. The highest BCUT2D eigenvalue weighted by atomic mass is 32.1. The molecule has 0 fully saturated rings. The number of carboxylic acids is 1. The van der Waals surface area contributed by atoms with Gasteiger partial charge in [0.05, 0.1) is 19.9 Å². The van der Waals surface area contributed by atoms with Crippen LogP contribution in [0, 0.1) is 0 Å². The molecule has 6 heteroatoms. The van der Waals surface area contributed by atoms with Crippen molar-refractivity contribution >= 4 is 17.3 Å². The third-order valence-corrected chi connectivity index (χ3v) is 4.20. The van der Waals surface area contributed by atoms with Gasteiger partial charge in [0, 0.05) is 10.9 Å². The van der Waals surface area contributed by atoms with E-state index in [0.29, 0.717) is 17.2 Å². The largest absolute Gasteiger partial charge is 0.493 e. The maximum Gasteiger partial charge on any atom is 0.315 e.